The van der Waals surface area contributed by atoms with E-state index in [0.717, 1.165) is 5.56 Å². The van der Waals surface area contributed by atoms with Gasteiger partial charge in [-0.15, -0.1) is 17.8 Å². The lowest BCUT2D eigenvalue weighted by atomic mass is 10.2. The molecule has 0 aliphatic heterocycles. The average Bonchev–Trinajstić information content (AvgIpc) is 2.78. The van der Waals surface area contributed by atoms with Crippen molar-refractivity contribution >= 4 is 17.2 Å². The molecule has 0 spiro atoms. The molecule has 90 valence electrons. The molecule has 18 heavy (non-hydrogen) atoms. The molecule has 0 aliphatic rings. The van der Waals surface area contributed by atoms with Crippen LogP contribution in [0.15, 0.2) is 30.3 Å². The summed E-state index contributed by atoms with van der Waals surface area (Å²) in [5.41, 5.74) is 1.74. The van der Waals surface area contributed by atoms with Gasteiger partial charge < -0.3 is 5.32 Å². The van der Waals surface area contributed by atoms with Gasteiger partial charge in [-0.1, -0.05) is 30.3 Å². The third-order valence-corrected chi connectivity index (χ3v) is 3.51. The Morgan fingerprint density at radius 1 is 1.44 bits per heavy atom. The van der Waals surface area contributed by atoms with Crippen molar-refractivity contribution in [3.8, 4) is 12.3 Å². The second-order valence-corrected chi connectivity index (χ2v) is 4.75. The first kappa shape index (κ1) is 12.3. The van der Waals surface area contributed by atoms with E-state index in [2.05, 4.69) is 16.2 Å². The molecule has 0 unspecified atom stereocenters. The predicted molar refractivity (Wildman–Crippen MR) is 72.4 cm³/mol. The Bertz CT molecular complexity index is 596. The van der Waals surface area contributed by atoms with E-state index in [-0.39, 0.29) is 5.91 Å². The summed E-state index contributed by atoms with van der Waals surface area (Å²) < 4.78 is 0. The summed E-state index contributed by atoms with van der Waals surface area (Å²) in [5.74, 6) is 2.31. The number of terminal acetylenes is 1. The second kappa shape index (κ2) is 5.48. The molecule has 4 heteroatoms. The van der Waals surface area contributed by atoms with Gasteiger partial charge in [0.05, 0.1) is 5.69 Å². The van der Waals surface area contributed by atoms with Crippen LogP contribution in [0.5, 0.6) is 0 Å². The van der Waals surface area contributed by atoms with Crippen LogP contribution in [0.1, 0.15) is 25.9 Å². The average molecular weight is 256 g/mol. The zero-order valence-corrected chi connectivity index (χ0v) is 10.8. The molecule has 0 atom stereocenters. The van der Waals surface area contributed by atoms with Crippen molar-refractivity contribution in [3.63, 3.8) is 0 Å². The van der Waals surface area contributed by atoms with Gasteiger partial charge in [0, 0.05) is 6.54 Å². The van der Waals surface area contributed by atoms with E-state index >= 15 is 0 Å². The largest absolute Gasteiger partial charge is 0.347 e. The fourth-order valence-corrected chi connectivity index (χ4v) is 2.32. The van der Waals surface area contributed by atoms with Crippen molar-refractivity contribution in [1.29, 1.82) is 0 Å². The van der Waals surface area contributed by atoms with Crippen LogP contribution in [-0.2, 0) is 6.54 Å². The standard InChI is InChI=1S/C14H12N2OS/c1-3-12-16-10(2)13(18-12)14(17)15-9-11-7-5-4-6-8-11/h1,4-8H,9H2,2H3,(H,15,17). The predicted octanol–water partition coefficient (Wildman–Crippen LogP) is 2.36. The topological polar surface area (TPSA) is 42.0 Å². The summed E-state index contributed by atoms with van der Waals surface area (Å²) in [6, 6.07) is 9.75. The maximum Gasteiger partial charge on any atom is 0.263 e. The number of carbonyl (C=O) groups is 1. The highest BCUT2D eigenvalue weighted by Gasteiger charge is 2.13. The SMILES string of the molecule is C#Cc1nc(C)c(C(=O)NCc2ccccc2)s1. The van der Waals surface area contributed by atoms with Crippen LogP contribution in [0.25, 0.3) is 0 Å². The second-order valence-electron chi connectivity index (χ2n) is 3.75. The molecule has 1 amide bonds. The van der Waals surface area contributed by atoms with Gasteiger partial charge in [-0.25, -0.2) is 4.98 Å². The van der Waals surface area contributed by atoms with Crippen molar-refractivity contribution in [2.45, 2.75) is 13.5 Å². The molecule has 0 radical (unpaired) electrons. The Hall–Kier alpha value is -2.12. The molecular weight excluding hydrogens is 244 g/mol. The van der Waals surface area contributed by atoms with Gasteiger partial charge in [0.15, 0.2) is 5.01 Å². The molecular formula is C14H12N2OS. The number of amides is 1. The molecule has 2 rings (SSSR count). The number of hydrogen-bond donors (Lipinski definition) is 1. The third kappa shape index (κ3) is 2.76. The van der Waals surface area contributed by atoms with Crippen LogP contribution >= 0.6 is 11.3 Å². The van der Waals surface area contributed by atoms with E-state index in [1.165, 1.54) is 11.3 Å². The smallest absolute Gasteiger partial charge is 0.263 e. The van der Waals surface area contributed by atoms with Gasteiger partial charge in [0.25, 0.3) is 5.91 Å². The molecule has 1 N–H and O–H groups in total. The normalized spacial score (nSPS) is 9.78. The molecule has 0 saturated heterocycles. The lowest BCUT2D eigenvalue weighted by Crippen LogP contribution is -2.22. The minimum Gasteiger partial charge on any atom is -0.347 e. The Kier molecular flexibility index (Phi) is 3.75. The highest BCUT2D eigenvalue weighted by atomic mass is 32.1. The molecule has 0 aliphatic carbocycles. The third-order valence-electron chi connectivity index (χ3n) is 2.42. The van der Waals surface area contributed by atoms with Crippen LogP contribution in [-0.4, -0.2) is 10.9 Å². The van der Waals surface area contributed by atoms with E-state index in [1.807, 2.05) is 30.3 Å². The number of nitrogens with one attached hydrogen (secondary N) is 1. The summed E-state index contributed by atoms with van der Waals surface area (Å²) in [4.78, 5) is 16.7. The van der Waals surface area contributed by atoms with Gasteiger partial charge in [-0.3, -0.25) is 4.79 Å². The van der Waals surface area contributed by atoms with Crippen molar-refractivity contribution in [2.75, 3.05) is 0 Å². The maximum absolute atomic E-state index is 12.0. The molecule has 1 aromatic heterocycles. The maximum atomic E-state index is 12.0. The summed E-state index contributed by atoms with van der Waals surface area (Å²) in [6.07, 6.45) is 5.26. The quantitative estimate of drug-likeness (QED) is 0.857. The Labute approximate surface area is 110 Å². The van der Waals surface area contributed by atoms with Gasteiger partial charge in [0.2, 0.25) is 0 Å². The zero-order chi connectivity index (χ0) is 13.0. The van der Waals surface area contributed by atoms with E-state index in [0.29, 0.717) is 22.1 Å². The molecule has 1 aromatic carbocycles. The lowest BCUT2D eigenvalue weighted by molar-refractivity contribution is 0.0954. The van der Waals surface area contributed by atoms with Crippen LogP contribution in [0.2, 0.25) is 0 Å². The van der Waals surface area contributed by atoms with E-state index in [9.17, 15) is 4.79 Å². The highest BCUT2D eigenvalue weighted by molar-refractivity contribution is 7.14. The van der Waals surface area contributed by atoms with Gasteiger partial charge in [-0.05, 0) is 18.4 Å². The van der Waals surface area contributed by atoms with Crippen LogP contribution in [0, 0.1) is 19.3 Å². The molecule has 2 aromatic rings. The molecule has 1 heterocycles. The number of rotatable bonds is 3. The van der Waals surface area contributed by atoms with E-state index in [4.69, 9.17) is 6.42 Å². The Morgan fingerprint density at radius 2 is 2.17 bits per heavy atom. The summed E-state index contributed by atoms with van der Waals surface area (Å²) in [5, 5.41) is 3.40. The molecule has 3 nitrogen and oxygen atoms in total. The van der Waals surface area contributed by atoms with Crippen LogP contribution in [0.4, 0.5) is 0 Å². The monoisotopic (exact) mass is 256 g/mol. The Balaban J connectivity index is 2.04. The molecule has 0 fully saturated rings. The molecule has 0 saturated carbocycles. The number of aryl methyl sites for hydroxylation is 1. The summed E-state index contributed by atoms with van der Waals surface area (Å²) in [7, 11) is 0. The Morgan fingerprint density at radius 3 is 2.78 bits per heavy atom. The zero-order valence-electron chi connectivity index (χ0n) is 9.93. The number of aromatic nitrogens is 1. The number of nitrogens with zero attached hydrogens (tertiary/aromatic N) is 1. The number of benzene rings is 1. The number of thiazole rings is 1. The first-order chi connectivity index (χ1) is 8.70. The van der Waals surface area contributed by atoms with E-state index in [1.54, 1.807) is 6.92 Å². The first-order valence-electron chi connectivity index (χ1n) is 5.47. The van der Waals surface area contributed by atoms with E-state index < -0.39 is 0 Å². The first-order valence-corrected chi connectivity index (χ1v) is 6.28. The van der Waals surface area contributed by atoms with Crippen LogP contribution < -0.4 is 5.32 Å². The van der Waals surface area contributed by atoms with Crippen LogP contribution in [0.3, 0.4) is 0 Å². The van der Waals surface area contributed by atoms with Crippen molar-refractivity contribution in [3.05, 3.63) is 51.5 Å². The lowest BCUT2D eigenvalue weighted by Gasteiger charge is -2.03. The van der Waals surface area contributed by atoms with Gasteiger partial charge >= 0.3 is 0 Å². The van der Waals surface area contributed by atoms with Crippen molar-refractivity contribution in [2.24, 2.45) is 0 Å². The fourth-order valence-electron chi connectivity index (χ4n) is 1.53. The molecule has 0 bridgehead atoms. The summed E-state index contributed by atoms with van der Waals surface area (Å²) >= 11 is 1.24. The minimum absolute atomic E-state index is 0.129. The number of carbonyl (C=O) groups excluding carboxylic acids is 1. The number of hydrogen-bond acceptors (Lipinski definition) is 3. The highest BCUT2D eigenvalue weighted by Crippen LogP contribution is 2.17. The fraction of sp³-hybridized carbons (Fsp3) is 0.143. The van der Waals surface area contributed by atoms with Gasteiger partial charge in [0.1, 0.15) is 4.88 Å². The minimum atomic E-state index is -0.129. The van der Waals surface area contributed by atoms with Crippen molar-refractivity contribution in [1.82, 2.24) is 10.3 Å². The van der Waals surface area contributed by atoms with Crippen molar-refractivity contribution < 1.29 is 4.79 Å². The summed E-state index contributed by atoms with van der Waals surface area (Å²) in [6.45, 7) is 2.29. The van der Waals surface area contributed by atoms with Gasteiger partial charge in [-0.2, -0.15) is 0 Å².